The van der Waals surface area contributed by atoms with Gasteiger partial charge in [-0.25, -0.2) is 9.38 Å². The summed E-state index contributed by atoms with van der Waals surface area (Å²) in [6.45, 7) is 3.78. The number of rotatable bonds is 5. The number of hydrogen-bond donors (Lipinski definition) is 2. The van der Waals surface area contributed by atoms with Crippen molar-refractivity contribution in [2.45, 2.75) is 20.0 Å². The molecule has 0 fully saturated rings. The second kappa shape index (κ2) is 10.1. The van der Waals surface area contributed by atoms with Crippen LogP contribution in [-0.4, -0.2) is 17.5 Å². The van der Waals surface area contributed by atoms with Crippen molar-refractivity contribution in [3.8, 4) is 0 Å². The van der Waals surface area contributed by atoms with Gasteiger partial charge >= 0.3 is 0 Å². The molecule has 1 heterocycles. The van der Waals surface area contributed by atoms with Gasteiger partial charge in [0.15, 0.2) is 5.96 Å². The summed E-state index contributed by atoms with van der Waals surface area (Å²) in [7, 11) is 0. The van der Waals surface area contributed by atoms with Crippen LogP contribution in [0.3, 0.4) is 0 Å². The number of aromatic nitrogens is 1. The summed E-state index contributed by atoms with van der Waals surface area (Å²) in [5, 5.41) is 6.36. The maximum absolute atomic E-state index is 13.1. The summed E-state index contributed by atoms with van der Waals surface area (Å²) in [6, 6.07) is 12.2. The van der Waals surface area contributed by atoms with E-state index in [-0.39, 0.29) is 29.8 Å². The Bertz CT molecular complexity index is 590. The average molecular weight is 414 g/mol. The van der Waals surface area contributed by atoms with Crippen LogP contribution >= 0.6 is 24.0 Å². The summed E-state index contributed by atoms with van der Waals surface area (Å²) in [5.74, 6) is 0.446. The van der Waals surface area contributed by atoms with Crippen molar-refractivity contribution in [3.63, 3.8) is 0 Å². The van der Waals surface area contributed by atoms with Gasteiger partial charge in [-0.05, 0) is 36.8 Å². The molecule has 1 aromatic heterocycles. The predicted molar refractivity (Wildman–Crippen MR) is 97.7 cm³/mol. The van der Waals surface area contributed by atoms with E-state index in [9.17, 15) is 4.39 Å². The van der Waals surface area contributed by atoms with Crippen molar-refractivity contribution in [2.24, 2.45) is 4.99 Å². The molecule has 0 aliphatic rings. The largest absolute Gasteiger partial charge is 0.357 e. The lowest BCUT2D eigenvalue weighted by atomic mass is 10.2. The Morgan fingerprint density at radius 3 is 2.73 bits per heavy atom. The van der Waals surface area contributed by atoms with Crippen molar-refractivity contribution in [1.29, 1.82) is 0 Å². The zero-order valence-corrected chi connectivity index (χ0v) is 14.8. The highest BCUT2D eigenvalue weighted by molar-refractivity contribution is 14.0. The molecule has 2 N–H and O–H groups in total. The van der Waals surface area contributed by atoms with Crippen LogP contribution in [0.5, 0.6) is 0 Å². The molecular formula is C16H20FIN4. The number of pyridine rings is 1. The van der Waals surface area contributed by atoms with E-state index < -0.39 is 0 Å². The van der Waals surface area contributed by atoms with Gasteiger partial charge in [0.05, 0.1) is 18.8 Å². The maximum atomic E-state index is 13.1. The van der Waals surface area contributed by atoms with E-state index in [4.69, 9.17) is 0 Å². The quantitative estimate of drug-likeness (QED) is 0.449. The van der Waals surface area contributed by atoms with Crippen LogP contribution in [0.1, 0.15) is 18.2 Å². The van der Waals surface area contributed by atoms with Gasteiger partial charge in [-0.1, -0.05) is 18.2 Å². The number of nitrogens with one attached hydrogen (secondary N) is 2. The lowest BCUT2D eigenvalue weighted by molar-refractivity contribution is 0.625. The molecule has 0 unspecified atom stereocenters. The molecule has 0 saturated carbocycles. The molecule has 2 rings (SSSR count). The third-order valence-corrected chi connectivity index (χ3v) is 2.82. The van der Waals surface area contributed by atoms with Gasteiger partial charge in [0.25, 0.3) is 0 Å². The Hall–Kier alpha value is -1.70. The van der Waals surface area contributed by atoms with E-state index in [1.54, 1.807) is 12.3 Å². The fourth-order valence-electron chi connectivity index (χ4n) is 1.82. The first-order valence-corrected chi connectivity index (χ1v) is 6.94. The molecule has 0 bridgehead atoms. The van der Waals surface area contributed by atoms with Crippen LogP contribution in [0.4, 0.5) is 4.39 Å². The van der Waals surface area contributed by atoms with Crippen molar-refractivity contribution in [1.82, 2.24) is 15.6 Å². The summed E-state index contributed by atoms with van der Waals surface area (Å²) in [4.78, 5) is 8.69. The Labute approximate surface area is 147 Å². The molecule has 0 amide bonds. The number of hydrogen-bond acceptors (Lipinski definition) is 2. The second-order valence-corrected chi connectivity index (χ2v) is 4.50. The van der Waals surface area contributed by atoms with Crippen molar-refractivity contribution in [3.05, 3.63) is 65.7 Å². The molecular weight excluding hydrogens is 394 g/mol. The average Bonchev–Trinajstić information content (AvgIpc) is 2.51. The standard InChI is InChI=1S/C16H19FN4.HI/c1-2-18-16(21-12-15-8-3-4-9-19-15)20-11-13-6-5-7-14(17)10-13;/h3-10H,2,11-12H2,1H3,(H2,18,20,21);1H. The molecule has 0 aliphatic carbocycles. The highest BCUT2D eigenvalue weighted by Crippen LogP contribution is 2.04. The lowest BCUT2D eigenvalue weighted by Crippen LogP contribution is -2.37. The zero-order valence-electron chi connectivity index (χ0n) is 12.4. The normalized spacial score (nSPS) is 10.7. The minimum absolute atomic E-state index is 0. The molecule has 22 heavy (non-hydrogen) atoms. The predicted octanol–water partition coefficient (Wildman–Crippen LogP) is 3.09. The molecule has 0 aliphatic heterocycles. The number of halogens is 2. The van der Waals surface area contributed by atoms with Crippen molar-refractivity contribution < 1.29 is 4.39 Å². The molecule has 0 radical (unpaired) electrons. The van der Waals surface area contributed by atoms with Crippen molar-refractivity contribution >= 4 is 29.9 Å². The first-order chi connectivity index (χ1) is 10.3. The monoisotopic (exact) mass is 414 g/mol. The van der Waals surface area contributed by atoms with Gasteiger partial charge in [0, 0.05) is 12.7 Å². The summed E-state index contributed by atoms with van der Waals surface area (Å²) < 4.78 is 13.1. The van der Waals surface area contributed by atoms with Crippen LogP contribution in [-0.2, 0) is 13.1 Å². The Balaban J connectivity index is 0.00000242. The van der Waals surface area contributed by atoms with Gasteiger partial charge in [0.1, 0.15) is 5.82 Å². The zero-order chi connectivity index (χ0) is 14.9. The molecule has 0 spiro atoms. The van der Waals surface area contributed by atoms with Crippen LogP contribution in [0.2, 0.25) is 0 Å². The lowest BCUT2D eigenvalue weighted by Gasteiger charge is -2.11. The first-order valence-electron chi connectivity index (χ1n) is 6.94. The maximum Gasteiger partial charge on any atom is 0.191 e. The minimum Gasteiger partial charge on any atom is -0.357 e. The highest BCUT2D eigenvalue weighted by atomic mass is 127. The third kappa shape index (κ3) is 6.38. The van der Waals surface area contributed by atoms with Crippen LogP contribution in [0.25, 0.3) is 0 Å². The molecule has 118 valence electrons. The summed E-state index contributed by atoms with van der Waals surface area (Å²) in [5.41, 5.74) is 1.78. The van der Waals surface area contributed by atoms with E-state index in [0.717, 1.165) is 17.8 Å². The van der Waals surface area contributed by atoms with E-state index in [1.165, 1.54) is 12.1 Å². The smallest absolute Gasteiger partial charge is 0.191 e. The Morgan fingerprint density at radius 1 is 1.18 bits per heavy atom. The van der Waals surface area contributed by atoms with E-state index in [0.29, 0.717) is 19.0 Å². The highest BCUT2D eigenvalue weighted by Gasteiger charge is 1.99. The molecule has 0 atom stereocenters. The molecule has 6 heteroatoms. The van der Waals surface area contributed by atoms with Gasteiger partial charge in [-0.2, -0.15) is 0 Å². The van der Waals surface area contributed by atoms with Crippen LogP contribution in [0, 0.1) is 5.82 Å². The third-order valence-electron chi connectivity index (χ3n) is 2.82. The van der Waals surface area contributed by atoms with Gasteiger partial charge in [-0.3, -0.25) is 4.98 Å². The molecule has 2 aromatic rings. The Kier molecular flexibility index (Phi) is 8.42. The summed E-state index contributed by atoms with van der Waals surface area (Å²) in [6.07, 6.45) is 1.76. The SMILES string of the molecule is CCNC(=NCc1cccc(F)c1)NCc1ccccn1.I. The van der Waals surface area contributed by atoms with Crippen LogP contribution in [0.15, 0.2) is 53.7 Å². The van der Waals surface area contributed by atoms with Gasteiger partial charge in [0.2, 0.25) is 0 Å². The Morgan fingerprint density at radius 2 is 2.05 bits per heavy atom. The number of guanidine groups is 1. The van der Waals surface area contributed by atoms with E-state index in [1.807, 2.05) is 31.2 Å². The number of benzene rings is 1. The van der Waals surface area contributed by atoms with E-state index in [2.05, 4.69) is 20.6 Å². The molecule has 0 saturated heterocycles. The fraction of sp³-hybridized carbons (Fsp3) is 0.250. The van der Waals surface area contributed by atoms with Crippen LogP contribution < -0.4 is 10.6 Å². The summed E-state index contributed by atoms with van der Waals surface area (Å²) >= 11 is 0. The number of nitrogens with zero attached hydrogens (tertiary/aromatic N) is 2. The van der Waals surface area contributed by atoms with Gasteiger partial charge < -0.3 is 10.6 Å². The van der Waals surface area contributed by atoms with E-state index >= 15 is 0 Å². The topological polar surface area (TPSA) is 49.3 Å². The molecule has 4 nitrogen and oxygen atoms in total. The minimum atomic E-state index is -0.242. The first kappa shape index (κ1) is 18.3. The van der Waals surface area contributed by atoms with Gasteiger partial charge in [-0.15, -0.1) is 24.0 Å². The fourth-order valence-corrected chi connectivity index (χ4v) is 1.82. The second-order valence-electron chi connectivity index (χ2n) is 4.50. The molecule has 1 aromatic carbocycles. The van der Waals surface area contributed by atoms with Crippen molar-refractivity contribution in [2.75, 3.05) is 6.54 Å². The number of aliphatic imine (C=N–C) groups is 1.